The molecule has 0 saturated carbocycles. The fourth-order valence-electron chi connectivity index (χ4n) is 3.97. The number of amides is 1. The third-order valence-corrected chi connectivity index (χ3v) is 5.49. The van der Waals surface area contributed by atoms with E-state index in [1.807, 2.05) is 38.1 Å². The molecule has 0 aliphatic carbocycles. The van der Waals surface area contributed by atoms with Gasteiger partial charge in [-0.05, 0) is 55.3 Å². The summed E-state index contributed by atoms with van der Waals surface area (Å²) >= 11 is 0. The third kappa shape index (κ3) is 3.72. The van der Waals surface area contributed by atoms with Gasteiger partial charge in [-0.3, -0.25) is 9.59 Å². The first kappa shape index (κ1) is 20.5. The zero-order valence-corrected chi connectivity index (χ0v) is 17.6. The molecule has 3 aromatic rings. The number of carbonyl (C=O) groups excluding carboxylic acids is 2. The van der Waals surface area contributed by atoms with Crippen molar-refractivity contribution < 1.29 is 23.8 Å². The van der Waals surface area contributed by atoms with Crippen LogP contribution in [0.15, 0.2) is 70.9 Å². The smallest absolute Gasteiger partial charge is 0.296 e. The van der Waals surface area contributed by atoms with Crippen LogP contribution in [0.25, 0.3) is 5.76 Å². The second kappa shape index (κ2) is 8.14. The average Bonchev–Trinajstić information content (AvgIpc) is 3.35. The summed E-state index contributed by atoms with van der Waals surface area (Å²) in [6.07, 6.45) is 1.52. The molecule has 6 heteroatoms. The lowest BCUT2D eigenvalue weighted by Gasteiger charge is -2.25. The van der Waals surface area contributed by atoms with Crippen LogP contribution in [0.5, 0.6) is 5.75 Å². The van der Waals surface area contributed by atoms with Gasteiger partial charge in [-0.15, -0.1) is 0 Å². The molecular weight excluding hydrogens is 394 g/mol. The molecule has 1 aromatic heterocycles. The molecule has 2 aromatic carbocycles. The number of ether oxygens (including phenoxy) is 1. The molecule has 0 bridgehead atoms. The van der Waals surface area contributed by atoms with Crippen molar-refractivity contribution >= 4 is 17.4 Å². The number of carbonyl (C=O) groups is 2. The summed E-state index contributed by atoms with van der Waals surface area (Å²) in [7, 11) is 1.56. The quantitative estimate of drug-likeness (QED) is 0.375. The molecule has 1 fully saturated rings. The molecule has 1 amide bonds. The molecule has 158 valence electrons. The van der Waals surface area contributed by atoms with Crippen molar-refractivity contribution in [2.24, 2.45) is 0 Å². The fraction of sp³-hybridized carbons (Fsp3) is 0.200. The van der Waals surface area contributed by atoms with E-state index in [-0.39, 0.29) is 17.9 Å². The number of Topliss-reactive ketones (excluding diaryl/α,β-unsaturated/α-hetero) is 1. The van der Waals surface area contributed by atoms with E-state index in [1.54, 1.807) is 37.4 Å². The number of aryl methyl sites for hydroxylation is 2. The molecular formula is C25H23NO5. The summed E-state index contributed by atoms with van der Waals surface area (Å²) in [5.41, 5.74) is 3.02. The highest BCUT2D eigenvalue weighted by Gasteiger charge is 2.46. The molecule has 1 aliphatic rings. The highest BCUT2D eigenvalue weighted by atomic mass is 16.5. The van der Waals surface area contributed by atoms with E-state index in [0.29, 0.717) is 17.1 Å². The van der Waals surface area contributed by atoms with Crippen LogP contribution >= 0.6 is 0 Å². The van der Waals surface area contributed by atoms with Crippen LogP contribution in [-0.2, 0) is 16.1 Å². The van der Waals surface area contributed by atoms with Crippen LogP contribution in [0, 0.1) is 13.8 Å². The molecule has 0 spiro atoms. The number of benzene rings is 2. The van der Waals surface area contributed by atoms with Gasteiger partial charge in [-0.1, -0.05) is 29.8 Å². The second-order valence-electron chi connectivity index (χ2n) is 7.60. The Labute approximate surface area is 180 Å². The Hall–Kier alpha value is -3.80. The highest BCUT2D eigenvalue weighted by molar-refractivity contribution is 6.46. The number of nitrogens with zero attached hydrogens (tertiary/aromatic N) is 1. The molecule has 6 nitrogen and oxygen atoms in total. The summed E-state index contributed by atoms with van der Waals surface area (Å²) in [6, 6.07) is 15.5. The largest absolute Gasteiger partial charge is 0.507 e. The Morgan fingerprint density at radius 3 is 2.55 bits per heavy atom. The van der Waals surface area contributed by atoms with Crippen LogP contribution in [-0.4, -0.2) is 28.8 Å². The van der Waals surface area contributed by atoms with Crippen molar-refractivity contribution in [3.63, 3.8) is 0 Å². The van der Waals surface area contributed by atoms with Gasteiger partial charge in [0.15, 0.2) is 0 Å². The maximum absolute atomic E-state index is 13.1. The van der Waals surface area contributed by atoms with Crippen molar-refractivity contribution in [1.29, 1.82) is 0 Å². The van der Waals surface area contributed by atoms with E-state index in [0.717, 1.165) is 16.7 Å². The molecule has 1 atom stereocenters. The lowest BCUT2D eigenvalue weighted by molar-refractivity contribution is -0.140. The first-order valence-electron chi connectivity index (χ1n) is 9.93. The van der Waals surface area contributed by atoms with Crippen LogP contribution in [0.1, 0.15) is 34.1 Å². The van der Waals surface area contributed by atoms with E-state index in [4.69, 9.17) is 9.15 Å². The van der Waals surface area contributed by atoms with Crippen molar-refractivity contribution in [3.05, 3.63) is 94.4 Å². The standard InChI is InChI=1S/C25H23NO5/c1-15-6-4-7-17(12-15)22-21(23(27)20-10-9-18(30-3)13-16(20)2)24(28)25(29)26(22)14-19-8-5-11-31-19/h4-13,22,27H,14H2,1-3H3/b23-21-. The van der Waals surface area contributed by atoms with Crippen molar-refractivity contribution in [2.75, 3.05) is 7.11 Å². The van der Waals surface area contributed by atoms with E-state index in [2.05, 4.69) is 0 Å². The van der Waals surface area contributed by atoms with Crippen LogP contribution in [0.4, 0.5) is 0 Å². The van der Waals surface area contributed by atoms with Gasteiger partial charge in [0.05, 0.1) is 31.5 Å². The van der Waals surface area contributed by atoms with Gasteiger partial charge in [0.25, 0.3) is 11.7 Å². The van der Waals surface area contributed by atoms with Crippen LogP contribution in [0.3, 0.4) is 0 Å². The SMILES string of the molecule is COc1ccc(/C(O)=C2/C(=O)C(=O)N(Cc3ccco3)C2c2cccc(C)c2)c(C)c1. The van der Waals surface area contributed by atoms with Gasteiger partial charge in [0.2, 0.25) is 0 Å². The molecule has 1 unspecified atom stereocenters. The topological polar surface area (TPSA) is 80.0 Å². The van der Waals surface area contributed by atoms with Gasteiger partial charge in [-0.2, -0.15) is 0 Å². The van der Waals surface area contributed by atoms with Crippen molar-refractivity contribution in [1.82, 2.24) is 4.90 Å². The number of aliphatic hydroxyl groups is 1. The number of aliphatic hydroxyl groups excluding tert-OH is 1. The number of methoxy groups -OCH3 is 1. The zero-order chi connectivity index (χ0) is 22.1. The Morgan fingerprint density at radius 1 is 1.10 bits per heavy atom. The minimum absolute atomic E-state index is 0.0652. The zero-order valence-electron chi connectivity index (χ0n) is 17.6. The van der Waals surface area contributed by atoms with Crippen LogP contribution < -0.4 is 4.74 Å². The Kier molecular flexibility index (Phi) is 5.38. The first-order valence-corrected chi connectivity index (χ1v) is 9.93. The van der Waals surface area contributed by atoms with Gasteiger partial charge >= 0.3 is 0 Å². The molecule has 1 N–H and O–H groups in total. The predicted octanol–water partition coefficient (Wildman–Crippen LogP) is 4.53. The monoisotopic (exact) mass is 417 g/mol. The highest BCUT2D eigenvalue weighted by Crippen LogP contribution is 2.41. The molecule has 31 heavy (non-hydrogen) atoms. The molecule has 2 heterocycles. The Balaban J connectivity index is 1.89. The molecule has 4 rings (SSSR count). The number of furan rings is 1. The van der Waals surface area contributed by atoms with E-state index in [9.17, 15) is 14.7 Å². The Morgan fingerprint density at radius 2 is 1.90 bits per heavy atom. The van der Waals surface area contributed by atoms with Gasteiger partial charge < -0.3 is 19.2 Å². The fourth-order valence-corrected chi connectivity index (χ4v) is 3.97. The second-order valence-corrected chi connectivity index (χ2v) is 7.60. The number of rotatable bonds is 5. The van der Waals surface area contributed by atoms with Gasteiger partial charge in [0, 0.05) is 5.56 Å². The Bertz CT molecular complexity index is 1180. The summed E-state index contributed by atoms with van der Waals surface area (Å²) in [5, 5.41) is 11.2. The summed E-state index contributed by atoms with van der Waals surface area (Å²) in [5.74, 6) is -0.393. The minimum Gasteiger partial charge on any atom is -0.507 e. The van der Waals surface area contributed by atoms with E-state index >= 15 is 0 Å². The normalized spacial score (nSPS) is 17.9. The number of hydrogen-bond acceptors (Lipinski definition) is 5. The van der Waals surface area contributed by atoms with Crippen molar-refractivity contribution in [2.45, 2.75) is 26.4 Å². The third-order valence-electron chi connectivity index (χ3n) is 5.49. The van der Waals surface area contributed by atoms with E-state index < -0.39 is 17.7 Å². The molecule has 1 saturated heterocycles. The average molecular weight is 417 g/mol. The maximum Gasteiger partial charge on any atom is 0.296 e. The number of hydrogen-bond donors (Lipinski definition) is 1. The number of likely N-dealkylation sites (tertiary alicyclic amines) is 1. The van der Waals surface area contributed by atoms with Gasteiger partial charge in [-0.25, -0.2) is 0 Å². The lowest BCUT2D eigenvalue weighted by atomic mass is 9.93. The van der Waals surface area contributed by atoms with Gasteiger partial charge in [0.1, 0.15) is 17.3 Å². The van der Waals surface area contributed by atoms with Crippen molar-refractivity contribution in [3.8, 4) is 5.75 Å². The van der Waals surface area contributed by atoms with E-state index in [1.165, 1.54) is 11.2 Å². The minimum atomic E-state index is -0.730. The maximum atomic E-state index is 13.1. The molecule has 1 aliphatic heterocycles. The van der Waals surface area contributed by atoms with Crippen LogP contribution in [0.2, 0.25) is 0 Å². The lowest BCUT2D eigenvalue weighted by Crippen LogP contribution is -2.29. The number of ketones is 1. The molecule has 0 radical (unpaired) electrons. The summed E-state index contributed by atoms with van der Waals surface area (Å²) in [4.78, 5) is 27.5. The first-order chi connectivity index (χ1) is 14.9. The summed E-state index contributed by atoms with van der Waals surface area (Å²) in [6.45, 7) is 3.88. The predicted molar refractivity (Wildman–Crippen MR) is 115 cm³/mol. The summed E-state index contributed by atoms with van der Waals surface area (Å²) < 4.78 is 10.6.